The van der Waals surface area contributed by atoms with E-state index < -0.39 is 0 Å². The summed E-state index contributed by atoms with van der Waals surface area (Å²) in [6.07, 6.45) is 4.49. The van der Waals surface area contributed by atoms with Crippen LogP contribution in [0.2, 0.25) is 0 Å². The van der Waals surface area contributed by atoms with Crippen LogP contribution in [0, 0.1) is 5.92 Å². The summed E-state index contributed by atoms with van der Waals surface area (Å²) < 4.78 is 5.07. The summed E-state index contributed by atoms with van der Waals surface area (Å²) in [7, 11) is 1.54. The van der Waals surface area contributed by atoms with Gasteiger partial charge in [-0.15, -0.1) is 0 Å². The number of rotatable bonds is 5. The van der Waals surface area contributed by atoms with Crippen LogP contribution in [-0.4, -0.2) is 35.6 Å². The predicted molar refractivity (Wildman–Crippen MR) is 82.8 cm³/mol. The number of hydrogen-bond donors (Lipinski definition) is 1. The number of carbonyl (C=O) groups excluding carboxylic acids is 1. The Morgan fingerprint density at radius 3 is 2.57 bits per heavy atom. The van der Waals surface area contributed by atoms with E-state index in [1.165, 1.54) is 18.9 Å². The third-order valence-electron chi connectivity index (χ3n) is 4.02. The number of ether oxygens (including phenoxy) is 1. The maximum atomic E-state index is 12.8. The van der Waals surface area contributed by atoms with Gasteiger partial charge >= 0.3 is 0 Å². The summed E-state index contributed by atoms with van der Waals surface area (Å²) in [5.41, 5.74) is 0.364. The highest BCUT2D eigenvalue weighted by molar-refractivity contribution is 5.97. The average molecular weight is 291 g/mol. The molecule has 1 saturated carbocycles. The molecule has 1 aromatic rings. The van der Waals surface area contributed by atoms with Gasteiger partial charge < -0.3 is 14.7 Å². The van der Waals surface area contributed by atoms with Crippen molar-refractivity contribution in [3.63, 3.8) is 0 Å². The zero-order valence-electron chi connectivity index (χ0n) is 13.1. The van der Waals surface area contributed by atoms with E-state index >= 15 is 0 Å². The Kier molecular flexibility index (Phi) is 5.10. The van der Waals surface area contributed by atoms with Crippen LogP contribution < -0.4 is 4.74 Å². The number of benzene rings is 1. The molecule has 0 aromatic heterocycles. The molecule has 1 amide bonds. The van der Waals surface area contributed by atoms with E-state index in [0.717, 1.165) is 19.4 Å². The number of aromatic hydroxyl groups is 1. The van der Waals surface area contributed by atoms with Crippen molar-refractivity contribution in [2.45, 2.75) is 45.6 Å². The second kappa shape index (κ2) is 6.83. The fourth-order valence-corrected chi connectivity index (χ4v) is 2.98. The molecule has 0 aliphatic heterocycles. The molecule has 1 N–H and O–H groups in total. The first-order chi connectivity index (χ1) is 10.0. The molecule has 1 aromatic carbocycles. The van der Waals surface area contributed by atoms with E-state index in [2.05, 4.69) is 13.8 Å². The van der Waals surface area contributed by atoms with Gasteiger partial charge in [0.05, 0.1) is 12.7 Å². The number of phenols is 1. The fraction of sp³-hybridized carbons (Fsp3) is 0.588. The Morgan fingerprint density at radius 1 is 1.38 bits per heavy atom. The van der Waals surface area contributed by atoms with Crippen LogP contribution in [0.1, 0.15) is 49.9 Å². The fourth-order valence-electron chi connectivity index (χ4n) is 2.98. The molecule has 1 aliphatic carbocycles. The standard InChI is InChI=1S/C17H25NO3/c1-12(2)11-18(13-6-4-5-7-13)17(20)15-9-8-14(21-3)10-16(15)19/h8-10,12-13,19H,4-7,11H2,1-3H3. The third-order valence-corrected chi connectivity index (χ3v) is 4.02. The highest BCUT2D eigenvalue weighted by atomic mass is 16.5. The zero-order valence-corrected chi connectivity index (χ0v) is 13.1. The molecule has 0 unspecified atom stereocenters. The maximum absolute atomic E-state index is 12.8. The molecule has 21 heavy (non-hydrogen) atoms. The number of amides is 1. The second-order valence-electron chi connectivity index (χ2n) is 6.17. The van der Waals surface area contributed by atoms with Gasteiger partial charge in [-0.25, -0.2) is 0 Å². The Morgan fingerprint density at radius 2 is 2.05 bits per heavy atom. The van der Waals surface area contributed by atoms with E-state index in [1.54, 1.807) is 19.2 Å². The van der Waals surface area contributed by atoms with Crippen LogP contribution >= 0.6 is 0 Å². The number of hydrogen-bond acceptors (Lipinski definition) is 3. The molecule has 0 spiro atoms. The van der Waals surface area contributed by atoms with E-state index in [9.17, 15) is 9.90 Å². The molecule has 4 nitrogen and oxygen atoms in total. The summed E-state index contributed by atoms with van der Waals surface area (Å²) in [6, 6.07) is 5.17. The first-order valence-corrected chi connectivity index (χ1v) is 7.71. The molecule has 1 aliphatic rings. The van der Waals surface area contributed by atoms with Gasteiger partial charge in [0, 0.05) is 18.7 Å². The van der Waals surface area contributed by atoms with E-state index in [1.807, 2.05) is 4.90 Å². The molecule has 2 rings (SSSR count). The lowest BCUT2D eigenvalue weighted by Crippen LogP contribution is -2.41. The van der Waals surface area contributed by atoms with Crippen LogP contribution in [0.5, 0.6) is 11.5 Å². The molecule has 0 saturated heterocycles. The minimum absolute atomic E-state index is 0.00824. The summed E-state index contributed by atoms with van der Waals surface area (Å²) >= 11 is 0. The maximum Gasteiger partial charge on any atom is 0.257 e. The van der Waals surface area contributed by atoms with Crippen LogP contribution in [-0.2, 0) is 0 Å². The van der Waals surface area contributed by atoms with E-state index in [0.29, 0.717) is 23.3 Å². The Hall–Kier alpha value is -1.71. The van der Waals surface area contributed by atoms with Crippen molar-refractivity contribution >= 4 is 5.91 Å². The number of methoxy groups -OCH3 is 1. The molecule has 116 valence electrons. The Labute approximate surface area is 126 Å². The Balaban J connectivity index is 2.24. The highest BCUT2D eigenvalue weighted by Crippen LogP contribution is 2.29. The largest absolute Gasteiger partial charge is 0.507 e. The average Bonchev–Trinajstić information content (AvgIpc) is 2.97. The van der Waals surface area contributed by atoms with Gasteiger partial charge in [-0.3, -0.25) is 4.79 Å². The molecule has 0 radical (unpaired) electrons. The van der Waals surface area contributed by atoms with Crippen LogP contribution in [0.3, 0.4) is 0 Å². The molecule has 0 atom stereocenters. The molecule has 0 heterocycles. The minimum Gasteiger partial charge on any atom is -0.507 e. The van der Waals surface area contributed by atoms with Gasteiger partial charge in [-0.2, -0.15) is 0 Å². The van der Waals surface area contributed by atoms with Gasteiger partial charge in [0.1, 0.15) is 11.5 Å². The van der Waals surface area contributed by atoms with Crippen molar-refractivity contribution in [2.75, 3.05) is 13.7 Å². The molecular formula is C17H25NO3. The summed E-state index contributed by atoms with van der Waals surface area (Å²) in [5, 5.41) is 10.1. The normalized spacial score (nSPS) is 15.4. The smallest absolute Gasteiger partial charge is 0.257 e. The van der Waals surface area contributed by atoms with Crippen molar-refractivity contribution in [3.05, 3.63) is 23.8 Å². The number of phenolic OH excluding ortho intramolecular Hbond substituents is 1. The molecule has 4 heteroatoms. The van der Waals surface area contributed by atoms with Crippen molar-refractivity contribution in [3.8, 4) is 11.5 Å². The lowest BCUT2D eigenvalue weighted by molar-refractivity contribution is 0.0652. The van der Waals surface area contributed by atoms with E-state index in [-0.39, 0.29) is 11.7 Å². The van der Waals surface area contributed by atoms with Crippen molar-refractivity contribution in [1.82, 2.24) is 4.90 Å². The third kappa shape index (κ3) is 3.69. The first kappa shape index (κ1) is 15.7. The van der Waals surface area contributed by atoms with Crippen LogP contribution in [0.15, 0.2) is 18.2 Å². The van der Waals surface area contributed by atoms with Crippen molar-refractivity contribution in [1.29, 1.82) is 0 Å². The molecule has 0 bridgehead atoms. The molecular weight excluding hydrogens is 266 g/mol. The van der Waals surface area contributed by atoms with Crippen LogP contribution in [0.25, 0.3) is 0 Å². The summed E-state index contributed by atoms with van der Waals surface area (Å²) in [6.45, 7) is 4.96. The number of carbonyl (C=O) groups is 1. The molecule has 1 fully saturated rings. The van der Waals surface area contributed by atoms with E-state index in [4.69, 9.17) is 4.74 Å². The van der Waals surface area contributed by atoms with Crippen LogP contribution in [0.4, 0.5) is 0 Å². The topological polar surface area (TPSA) is 49.8 Å². The lowest BCUT2D eigenvalue weighted by atomic mass is 10.1. The van der Waals surface area contributed by atoms with Gasteiger partial charge in [0.25, 0.3) is 5.91 Å². The first-order valence-electron chi connectivity index (χ1n) is 7.71. The Bertz CT molecular complexity index is 493. The monoisotopic (exact) mass is 291 g/mol. The minimum atomic E-state index is -0.0734. The second-order valence-corrected chi connectivity index (χ2v) is 6.17. The van der Waals surface area contributed by atoms with Gasteiger partial charge in [-0.1, -0.05) is 26.7 Å². The predicted octanol–water partition coefficient (Wildman–Crippen LogP) is 3.44. The van der Waals surface area contributed by atoms with Crippen molar-refractivity contribution < 1.29 is 14.6 Å². The van der Waals surface area contributed by atoms with Crippen molar-refractivity contribution in [2.24, 2.45) is 5.92 Å². The van der Waals surface area contributed by atoms with Gasteiger partial charge in [0.15, 0.2) is 0 Å². The zero-order chi connectivity index (χ0) is 15.4. The lowest BCUT2D eigenvalue weighted by Gasteiger charge is -2.31. The van der Waals surface area contributed by atoms with Gasteiger partial charge in [0.2, 0.25) is 0 Å². The summed E-state index contributed by atoms with van der Waals surface area (Å²) in [5.74, 6) is 0.886. The summed E-state index contributed by atoms with van der Waals surface area (Å²) in [4.78, 5) is 14.8. The number of nitrogens with zero attached hydrogens (tertiary/aromatic N) is 1. The quantitative estimate of drug-likeness (QED) is 0.904. The van der Waals surface area contributed by atoms with Gasteiger partial charge in [-0.05, 0) is 30.9 Å². The highest BCUT2D eigenvalue weighted by Gasteiger charge is 2.29. The SMILES string of the molecule is COc1ccc(C(=O)N(CC(C)C)C2CCCC2)c(O)c1.